The summed E-state index contributed by atoms with van der Waals surface area (Å²) < 4.78 is 40.7. The molecule has 2 fully saturated rings. The number of fused-ring (bicyclic) bond motifs is 1. The summed E-state index contributed by atoms with van der Waals surface area (Å²) in [5.41, 5.74) is 2.71. The molecule has 7 nitrogen and oxygen atoms in total. The minimum absolute atomic E-state index is 0.252. The van der Waals surface area contributed by atoms with E-state index in [0.717, 1.165) is 49.5 Å². The number of nitrogens with one attached hydrogen (secondary N) is 1. The molecule has 1 N–H and O–H groups in total. The van der Waals surface area contributed by atoms with Gasteiger partial charge in [-0.15, -0.1) is 0 Å². The van der Waals surface area contributed by atoms with Gasteiger partial charge in [-0.1, -0.05) is 18.2 Å². The third-order valence-electron chi connectivity index (χ3n) is 6.80. The number of imide groups is 1. The van der Waals surface area contributed by atoms with Crippen LogP contribution in [0, 0.1) is 5.92 Å². The third-order valence-corrected chi connectivity index (χ3v) is 6.80. The lowest BCUT2D eigenvalue weighted by Crippen LogP contribution is -2.49. The average molecular weight is 486 g/mol. The molecule has 2 aliphatic heterocycles. The molecule has 0 radical (unpaired) electrons. The minimum atomic E-state index is -4.32. The molecule has 35 heavy (non-hydrogen) atoms. The van der Waals surface area contributed by atoms with Gasteiger partial charge in [0, 0.05) is 25.7 Å². The lowest BCUT2D eigenvalue weighted by atomic mass is 9.90. The number of rotatable bonds is 5. The molecule has 5 rings (SSSR count). The number of carbonyl (C=O) groups is 2. The number of alkyl halides is 3. The Balaban J connectivity index is 1.21. The van der Waals surface area contributed by atoms with Gasteiger partial charge in [-0.25, -0.2) is 9.31 Å². The molecule has 0 bridgehead atoms. The van der Waals surface area contributed by atoms with Crippen LogP contribution in [-0.4, -0.2) is 46.1 Å². The molecule has 2 aliphatic rings. The molecule has 2 aromatic heterocycles. The van der Waals surface area contributed by atoms with Crippen molar-refractivity contribution in [3.05, 3.63) is 65.5 Å². The predicted octanol–water partition coefficient (Wildman–Crippen LogP) is 4.25. The summed E-state index contributed by atoms with van der Waals surface area (Å²) in [6.45, 7) is 2.51. The molecular formula is C25H26F3N5O2. The van der Waals surface area contributed by atoms with Crippen LogP contribution >= 0.6 is 0 Å². The van der Waals surface area contributed by atoms with Crippen molar-refractivity contribution >= 4 is 23.1 Å². The number of urea groups is 1. The van der Waals surface area contributed by atoms with E-state index in [1.165, 1.54) is 12.1 Å². The van der Waals surface area contributed by atoms with Crippen LogP contribution in [0.1, 0.15) is 36.0 Å². The number of anilines is 1. The molecular weight excluding hydrogens is 459 g/mol. The van der Waals surface area contributed by atoms with Crippen molar-refractivity contribution in [1.82, 2.24) is 19.8 Å². The van der Waals surface area contributed by atoms with Crippen LogP contribution in [0.3, 0.4) is 0 Å². The van der Waals surface area contributed by atoms with Crippen molar-refractivity contribution in [2.24, 2.45) is 5.92 Å². The Labute approximate surface area is 200 Å². The van der Waals surface area contributed by atoms with Crippen LogP contribution in [0.25, 0.3) is 5.52 Å². The van der Waals surface area contributed by atoms with Gasteiger partial charge in [0.15, 0.2) is 0 Å². The number of piperidine rings is 1. The van der Waals surface area contributed by atoms with E-state index < -0.39 is 17.8 Å². The van der Waals surface area contributed by atoms with Crippen LogP contribution in [0.5, 0.6) is 0 Å². The maximum atomic E-state index is 13.0. The van der Waals surface area contributed by atoms with E-state index in [1.807, 2.05) is 18.3 Å². The Morgan fingerprint density at radius 1 is 1.03 bits per heavy atom. The molecule has 0 atom stereocenters. The largest absolute Gasteiger partial charge is 0.416 e. The van der Waals surface area contributed by atoms with Gasteiger partial charge < -0.3 is 0 Å². The van der Waals surface area contributed by atoms with Crippen molar-refractivity contribution in [2.75, 3.05) is 24.5 Å². The van der Waals surface area contributed by atoms with E-state index in [4.69, 9.17) is 0 Å². The summed E-state index contributed by atoms with van der Waals surface area (Å²) in [5.74, 6) is 0.195. The summed E-state index contributed by atoms with van der Waals surface area (Å²) in [6, 6.07) is 9.20. The zero-order chi connectivity index (χ0) is 24.6. The van der Waals surface area contributed by atoms with E-state index in [0.29, 0.717) is 30.3 Å². The summed E-state index contributed by atoms with van der Waals surface area (Å²) >= 11 is 0. The fourth-order valence-corrected chi connectivity index (χ4v) is 4.93. The average Bonchev–Trinajstić information content (AvgIpc) is 3.23. The van der Waals surface area contributed by atoms with Crippen molar-refractivity contribution in [3.63, 3.8) is 0 Å². The number of likely N-dealkylation sites (tertiary alicyclic amines) is 1. The van der Waals surface area contributed by atoms with Gasteiger partial charge in [-0.05, 0) is 67.6 Å². The van der Waals surface area contributed by atoms with Gasteiger partial charge in [-0.3, -0.25) is 19.9 Å². The van der Waals surface area contributed by atoms with E-state index in [9.17, 15) is 22.8 Å². The van der Waals surface area contributed by atoms with Gasteiger partial charge in [-0.2, -0.15) is 18.3 Å². The van der Waals surface area contributed by atoms with Gasteiger partial charge in [0.25, 0.3) is 0 Å². The highest BCUT2D eigenvalue weighted by Gasteiger charge is 2.31. The Morgan fingerprint density at radius 2 is 1.83 bits per heavy atom. The second-order valence-corrected chi connectivity index (χ2v) is 9.27. The fourth-order valence-electron chi connectivity index (χ4n) is 4.93. The maximum Gasteiger partial charge on any atom is 0.416 e. The Morgan fingerprint density at radius 3 is 2.57 bits per heavy atom. The molecule has 0 aliphatic carbocycles. The van der Waals surface area contributed by atoms with Crippen LogP contribution in [0.15, 0.2) is 48.8 Å². The number of halogens is 3. The topological polar surface area (TPSA) is 70.0 Å². The van der Waals surface area contributed by atoms with Crippen LogP contribution < -0.4 is 10.2 Å². The van der Waals surface area contributed by atoms with Crippen LogP contribution in [0.2, 0.25) is 0 Å². The molecule has 1 aromatic carbocycles. The first-order valence-corrected chi connectivity index (χ1v) is 11.7. The summed E-state index contributed by atoms with van der Waals surface area (Å²) in [5, 5.41) is 6.68. The predicted molar refractivity (Wildman–Crippen MR) is 124 cm³/mol. The Bertz CT molecular complexity index is 1250. The smallest absolute Gasteiger partial charge is 0.299 e. The highest BCUT2D eigenvalue weighted by Crippen LogP contribution is 2.31. The second-order valence-electron chi connectivity index (χ2n) is 9.27. The molecule has 4 heterocycles. The van der Waals surface area contributed by atoms with Crippen LogP contribution in [0.4, 0.5) is 23.7 Å². The van der Waals surface area contributed by atoms with Gasteiger partial charge in [0.1, 0.15) is 0 Å². The first-order valence-electron chi connectivity index (χ1n) is 11.7. The molecule has 184 valence electrons. The second kappa shape index (κ2) is 9.33. The van der Waals surface area contributed by atoms with Crippen molar-refractivity contribution < 1.29 is 22.8 Å². The highest BCUT2D eigenvalue weighted by molar-refractivity contribution is 6.07. The summed E-state index contributed by atoms with van der Waals surface area (Å²) in [7, 11) is 0. The normalized spacial score (nSPS) is 18.3. The number of nitrogens with zero attached hydrogens (tertiary/aromatic N) is 4. The standard InChI is InChI=1S/C25H26F3N5O2/c26-25(27,28)20-3-1-2-19(13-20)16-31-8-4-17(5-9-31)12-18-6-11-33-21(14-18)22(15-29-33)32-10-7-23(34)30-24(32)35/h1-3,6,11,13-15,17H,4-5,7-10,12,16H2,(H,30,34,35). The van der Waals surface area contributed by atoms with E-state index in [1.54, 1.807) is 21.7 Å². The van der Waals surface area contributed by atoms with Gasteiger partial charge in [0.05, 0.1) is 23.0 Å². The lowest BCUT2D eigenvalue weighted by Gasteiger charge is -2.32. The zero-order valence-electron chi connectivity index (χ0n) is 19.1. The van der Waals surface area contributed by atoms with Gasteiger partial charge in [0.2, 0.25) is 5.91 Å². The Kier molecular flexibility index (Phi) is 6.22. The lowest BCUT2D eigenvalue weighted by molar-refractivity contribution is -0.137. The molecule has 0 spiro atoms. The molecule has 2 saturated heterocycles. The quantitative estimate of drug-likeness (QED) is 0.587. The van der Waals surface area contributed by atoms with Crippen molar-refractivity contribution in [2.45, 2.75) is 38.4 Å². The monoisotopic (exact) mass is 485 g/mol. The molecule has 3 aromatic rings. The number of pyridine rings is 1. The number of amides is 3. The number of benzene rings is 1. The SMILES string of the molecule is O=C1CCN(c2cnn3ccc(CC4CCN(Cc5cccc(C(F)(F)F)c5)CC4)cc23)C(=O)N1. The summed E-state index contributed by atoms with van der Waals surface area (Å²) in [6.07, 6.45) is 2.25. The highest BCUT2D eigenvalue weighted by atomic mass is 19.4. The first-order chi connectivity index (χ1) is 16.8. The van der Waals surface area contributed by atoms with E-state index in [2.05, 4.69) is 15.3 Å². The molecule has 0 saturated carbocycles. The van der Waals surface area contributed by atoms with Crippen molar-refractivity contribution in [3.8, 4) is 0 Å². The number of carbonyl (C=O) groups excluding carboxylic acids is 2. The molecule has 3 amide bonds. The molecule has 0 unspecified atom stereocenters. The number of hydrogen-bond donors (Lipinski definition) is 1. The summed E-state index contributed by atoms with van der Waals surface area (Å²) in [4.78, 5) is 27.5. The number of aromatic nitrogens is 2. The number of hydrogen-bond acceptors (Lipinski definition) is 4. The Hall–Kier alpha value is -3.40. The third kappa shape index (κ3) is 5.17. The van der Waals surface area contributed by atoms with E-state index >= 15 is 0 Å². The van der Waals surface area contributed by atoms with E-state index in [-0.39, 0.29) is 12.3 Å². The molecule has 10 heteroatoms. The maximum absolute atomic E-state index is 13.0. The van der Waals surface area contributed by atoms with Crippen LogP contribution in [-0.2, 0) is 23.9 Å². The van der Waals surface area contributed by atoms with Gasteiger partial charge >= 0.3 is 12.2 Å². The van der Waals surface area contributed by atoms with Crippen molar-refractivity contribution in [1.29, 1.82) is 0 Å². The minimum Gasteiger partial charge on any atom is -0.299 e. The fraction of sp³-hybridized carbons (Fsp3) is 0.400. The zero-order valence-corrected chi connectivity index (χ0v) is 19.1. The first kappa shape index (κ1) is 23.3.